The quantitative estimate of drug-likeness (QED) is 0.632. The van der Waals surface area contributed by atoms with Gasteiger partial charge in [0, 0.05) is 0 Å². The fourth-order valence-electron chi connectivity index (χ4n) is 3.17. The van der Waals surface area contributed by atoms with E-state index in [0.29, 0.717) is 5.41 Å². The molecule has 1 fully saturated rings. The molecule has 0 bridgehead atoms. The molecular formula is C12H17NO. The van der Waals surface area contributed by atoms with Crippen molar-refractivity contribution >= 4 is 0 Å². The predicted octanol–water partition coefficient (Wildman–Crippen LogP) is 1.99. The molecule has 1 aliphatic carbocycles. The molecule has 14 heavy (non-hydrogen) atoms. The summed E-state index contributed by atoms with van der Waals surface area (Å²) in [5.41, 5.74) is 3.69. The van der Waals surface area contributed by atoms with Gasteiger partial charge in [-0.1, -0.05) is 0 Å². The molecule has 0 aromatic rings. The Labute approximate surface area is 85.0 Å². The lowest BCUT2D eigenvalue weighted by Gasteiger charge is -2.36. The minimum Gasteiger partial charge on any atom is -0.497 e. The first-order chi connectivity index (χ1) is 6.91. The highest BCUT2D eigenvalue weighted by atomic mass is 16.5. The number of piperidine rings is 1. The largest absolute Gasteiger partial charge is 0.497 e. The van der Waals surface area contributed by atoms with Gasteiger partial charge in [0.05, 0.1) is 6.26 Å². The lowest BCUT2D eigenvalue weighted by Crippen LogP contribution is -2.36. The number of allylic oxidation sites excluding steroid dienone is 2. The van der Waals surface area contributed by atoms with Gasteiger partial charge < -0.3 is 10.1 Å². The van der Waals surface area contributed by atoms with Crippen molar-refractivity contribution in [3.63, 3.8) is 0 Å². The first-order valence-corrected chi connectivity index (χ1v) is 5.62. The van der Waals surface area contributed by atoms with Gasteiger partial charge >= 0.3 is 0 Å². The lowest BCUT2D eigenvalue weighted by atomic mass is 9.73. The van der Waals surface area contributed by atoms with Crippen LogP contribution in [0.2, 0.25) is 0 Å². The van der Waals surface area contributed by atoms with Gasteiger partial charge in [0.2, 0.25) is 0 Å². The van der Waals surface area contributed by atoms with Crippen LogP contribution in [0.15, 0.2) is 23.5 Å². The standard InChI is InChI=1S/C12H17NO/c1-3-12(4-6-13-7-5-12)11-2-8-14-9-10(1)11/h2,8,13H,1,3-7,9H2. The minimum atomic E-state index is 0.515. The predicted molar refractivity (Wildman–Crippen MR) is 55.9 cm³/mol. The Balaban J connectivity index is 1.93. The smallest absolute Gasteiger partial charge is 0.109 e. The molecule has 3 aliphatic rings. The molecule has 0 aromatic heterocycles. The third-order valence-electron chi connectivity index (χ3n) is 4.01. The summed E-state index contributed by atoms with van der Waals surface area (Å²) in [7, 11) is 0. The van der Waals surface area contributed by atoms with Crippen LogP contribution in [0.1, 0.15) is 25.7 Å². The summed E-state index contributed by atoms with van der Waals surface area (Å²) in [5.74, 6) is 0. The molecule has 2 heteroatoms. The van der Waals surface area contributed by atoms with Crippen molar-refractivity contribution in [2.75, 3.05) is 19.7 Å². The van der Waals surface area contributed by atoms with Crippen LogP contribution >= 0.6 is 0 Å². The van der Waals surface area contributed by atoms with E-state index < -0.39 is 0 Å². The van der Waals surface area contributed by atoms with Crippen LogP contribution in [0, 0.1) is 5.41 Å². The maximum Gasteiger partial charge on any atom is 0.109 e. The minimum absolute atomic E-state index is 0.515. The van der Waals surface area contributed by atoms with Gasteiger partial charge in [-0.05, 0) is 61.4 Å². The normalized spacial score (nSPS) is 29.1. The summed E-state index contributed by atoms with van der Waals surface area (Å²) in [6.45, 7) is 3.22. The molecule has 0 aromatic carbocycles. The van der Waals surface area contributed by atoms with Crippen LogP contribution in [0.3, 0.4) is 0 Å². The second kappa shape index (κ2) is 3.13. The Morgan fingerprint density at radius 3 is 2.93 bits per heavy atom. The molecule has 0 atom stereocenters. The zero-order valence-corrected chi connectivity index (χ0v) is 8.51. The van der Waals surface area contributed by atoms with Crippen molar-refractivity contribution in [3.8, 4) is 0 Å². The first kappa shape index (κ1) is 8.54. The lowest BCUT2D eigenvalue weighted by molar-refractivity contribution is 0.251. The Morgan fingerprint density at radius 1 is 1.21 bits per heavy atom. The fourth-order valence-corrected chi connectivity index (χ4v) is 3.17. The van der Waals surface area contributed by atoms with E-state index in [4.69, 9.17) is 4.74 Å². The van der Waals surface area contributed by atoms with Gasteiger partial charge in [-0.25, -0.2) is 0 Å². The molecule has 0 radical (unpaired) electrons. The zero-order valence-electron chi connectivity index (χ0n) is 8.51. The van der Waals surface area contributed by atoms with E-state index in [1.54, 1.807) is 11.1 Å². The molecule has 1 N–H and O–H groups in total. The highest BCUT2D eigenvalue weighted by Gasteiger charge is 2.40. The Morgan fingerprint density at radius 2 is 2.07 bits per heavy atom. The highest BCUT2D eigenvalue weighted by molar-refractivity contribution is 5.39. The van der Waals surface area contributed by atoms with E-state index in [0.717, 1.165) is 6.61 Å². The summed E-state index contributed by atoms with van der Waals surface area (Å²) >= 11 is 0. The van der Waals surface area contributed by atoms with Crippen molar-refractivity contribution in [2.24, 2.45) is 5.41 Å². The second-order valence-corrected chi connectivity index (χ2v) is 4.66. The van der Waals surface area contributed by atoms with Crippen LogP contribution in [0.25, 0.3) is 0 Å². The molecule has 2 heterocycles. The number of hydrogen-bond donors (Lipinski definition) is 1. The maximum atomic E-state index is 5.36. The van der Waals surface area contributed by atoms with E-state index in [9.17, 15) is 0 Å². The zero-order chi connectivity index (χ0) is 9.43. The van der Waals surface area contributed by atoms with Gasteiger partial charge in [0.25, 0.3) is 0 Å². The van der Waals surface area contributed by atoms with Crippen LogP contribution in [-0.2, 0) is 4.74 Å². The van der Waals surface area contributed by atoms with E-state index in [1.165, 1.54) is 38.8 Å². The molecule has 0 unspecified atom stereocenters. The molecule has 2 nitrogen and oxygen atoms in total. The van der Waals surface area contributed by atoms with Crippen LogP contribution in [0.4, 0.5) is 0 Å². The first-order valence-electron chi connectivity index (χ1n) is 5.62. The summed E-state index contributed by atoms with van der Waals surface area (Å²) in [6.07, 6.45) is 9.35. The van der Waals surface area contributed by atoms with Crippen molar-refractivity contribution in [1.82, 2.24) is 5.32 Å². The molecule has 0 saturated carbocycles. The second-order valence-electron chi connectivity index (χ2n) is 4.66. The molecule has 1 saturated heterocycles. The van der Waals surface area contributed by atoms with E-state index >= 15 is 0 Å². The molecule has 3 rings (SSSR count). The molecule has 1 spiro atoms. The molecular weight excluding hydrogens is 174 g/mol. The Bertz CT molecular complexity index is 297. The third-order valence-corrected chi connectivity index (χ3v) is 4.01. The van der Waals surface area contributed by atoms with E-state index in [-0.39, 0.29) is 0 Å². The SMILES string of the molecule is C1=CC2=C(CCC23CCNCC3)CO1. The van der Waals surface area contributed by atoms with Gasteiger partial charge in [0.15, 0.2) is 0 Å². The summed E-state index contributed by atoms with van der Waals surface area (Å²) in [4.78, 5) is 0. The monoisotopic (exact) mass is 191 g/mol. The highest BCUT2D eigenvalue weighted by Crippen LogP contribution is 2.50. The van der Waals surface area contributed by atoms with Crippen molar-refractivity contribution in [3.05, 3.63) is 23.5 Å². The van der Waals surface area contributed by atoms with E-state index in [1.807, 2.05) is 6.26 Å². The third kappa shape index (κ3) is 1.13. The average molecular weight is 191 g/mol. The summed E-state index contributed by atoms with van der Waals surface area (Å²) in [6, 6.07) is 0. The van der Waals surface area contributed by atoms with Crippen molar-refractivity contribution < 1.29 is 4.74 Å². The Hall–Kier alpha value is -0.760. The van der Waals surface area contributed by atoms with Crippen molar-refractivity contribution in [2.45, 2.75) is 25.7 Å². The number of hydrogen-bond acceptors (Lipinski definition) is 2. The van der Waals surface area contributed by atoms with Gasteiger partial charge in [-0.3, -0.25) is 0 Å². The molecule has 2 aliphatic heterocycles. The van der Waals surface area contributed by atoms with Gasteiger partial charge in [-0.15, -0.1) is 0 Å². The summed E-state index contributed by atoms with van der Waals surface area (Å²) < 4.78 is 5.36. The Kier molecular flexibility index (Phi) is 1.91. The summed E-state index contributed by atoms with van der Waals surface area (Å²) in [5, 5.41) is 3.45. The van der Waals surface area contributed by atoms with Crippen molar-refractivity contribution in [1.29, 1.82) is 0 Å². The van der Waals surface area contributed by atoms with Gasteiger partial charge in [-0.2, -0.15) is 0 Å². The van der Waals surface area contributed by atoms with Crippen LogP contribution in [0.5, 0.6) is 0 Å². The van der Waals surface area contributed by atoms with Crippen LogP contribution in [-0.4, -0.2) is 19.7 Å². The average Bonchev–Trinajstić information content (AvgIpc) is 2.60. The maximum absolute atomic E-state index is 5.36. The number of nitrogens with one attached hydrogen (secondary N) is 1. The van der Waals surface area contributed by atoms with E-state index in [2.05, 4.69) is 11.4 Å². The van der Waals surface area contributed by atoms with Crippen LogP contribution < -0.4 is 5.32 Å². The fraction of sp³-hybridized carbons (Fsp3) is 0.667. The number of rotatable bonds is 0. The molecule has 0 amide bonds. The number of fused-ring (bicyclic) bond motifs is 1. The molecule has 76 valence electrons. The topological polar surface area (TPSA) is 21.3 Å². The number of ether oxygens (including phenoxy) is 1. The van der Waals surface area contributed by atoms with Gasteiger partial charge in [0.1, 0.15) is 6.61 Å².